The molecule has 0 atom stereocenters. The summed E-state index contributed by atoms with van der Waals surface area (Å²) < 4.78 is 13.5. The fraction of sp³-hybridized carbons (Fsp3) is 0.364. The third-order valence-electron chi connectivity index (χ3n) is 4.86. The van der Waals surface area contributed by atoms with Gasteiger partial charge in [0.15, 0.2) is 0 Å². The molecular formula is C22H28FN3O6. The molecule has 0 aliphatic rings. The molecule has 2 aromatic carbocycles. The summed E-state index contributed by atoms with van der Waals surface area (Å²) in [4.78, 5) is 25.7. The number of nitrogens with two attached hydrogens (primary N) is 1. The lowest BCUT2D eigenvalue weighted by Crippen LogP contribution is -2.39. The maximum Gasteiger partial charge on any atom is 0.317 e. The molecule has 0 aliphatic heterocycles. The van der Waals surface area contributed by atoms with Crippen molar-refractivity contribution in [3.63, 3.8) is 0 Å². The van der Waals surface area contributed by atoms with Gasteiger partial charge in [-0.25, -0.2) is 4.39 Å². The SMILES string of the molecule is NCCc1ccc(O)c(CN(CCN(CC(=O)O)Cc2cc(F)ccc2O)CC(=O)O)c1. The van der Waals surface area contributed by atoms with Gasteiger partial charge >= 0.3 is 11.9 Å². The number of carbonyl (C=O) groups is 2. The van der Waals surface area contributed by atoms with Crippen LogP contribution in [0.5, 0.6) is 11.5 Å². The number of phenolic OH excluding ortho intramolecular Hbond substituents is 2. The largest absolute Gasteiger partial charge is 0.508 e. The second-order valence-corrected chi connectivity index (χ2v) is 7.48. The fourth-order valence-electron chi connectivity index (χ4n) is 3.34. The van der Waals surface area contributed by atoms with Crippen LogP contribution in [0.15, 0.2) is 36.4 Å². The highest BCUT2D eigenvalue weighted by Gasteiger charge is 2.18. The lowest BCUT2D eigenvalue weighted by atomic mass is 10.1. The van der Waals surface area contributed by atoms with Crippen LogP contribution in [0.1, 0.15) is 16.7 Å². The summed E-state index contributed by atoms with van der Waals surface area (Å²) in [7, 11) is 0. The van der Waals surface area contributed by atoms with Gasteiger partial charge < -0.3 is 26.2 Å². The van der Waals surface area contributed by atoms with E-state index >= 15 is 0 Å². The van der Waals surface area contributed by atoms with Gasteiger partial charge in [0.05, 0.1) is 13.1 Å². The van der Waals surface area contributed by atoms with E-state index < -0.39 is 17.8 Å². The van der Waals surface area contributed by atoms with Gasteiger partial charge in [-0.05, 0) is 42.8 Å². The monoisotopic (exact) mass is 449 g/mol. The molecule has 0 aromatic heterocycles. The minimum absolute atomic E-state index is 0.0215. The molecule has 0 unspecified atom stereocenters. The Kier molecular flexibility index (Phi) is 9.39. The summed E-state index contributed by atoms with van der Waals surface area (Å²) >= 11 is 0. The molecule has 2 aromatic rings. The molecule has 174 valence electrons. The molecule has 6 N–H and O–H groups in total. The Morgan fingerprint density at radius 1 is 0.844 bits per heavy atom. The first-order valence-electron chi connectivity index (χ1n) is 10.0. The van der Waals surface area contributed by atoms with E-state index in [2.05, 4.69) is 0 Å². The van der Waals surface area contributed by atoms with E-state index in [-0.39, 0.29) is 56.3 Å². The van der Waals surface area contributed by atoms with Crippen molar-refractivity contribution in [3.05, 3.63) is 58.9 Å². The van der Waals surface area contributed by atoms with Crippen LogP contribution >= 0.6 is 0 Å². The summed E-state index contributed by atoms with van der Waals surface area (Å²) in [5.41, 5.74) is 7.24. The zero-order chi connectivity index (χ0) is 23.7. The van der Waals surface area contributed by atoms with Gasteiger partial charge in [0.1, 0.15) is 17.3 Å². The van der Waals surface area contributed by atoms with E-state index in [0.717, 1.165) is 17.7 Å². The average molecular weight is 449 g/mol. The smallest absolute Gasteiger partial charge is 0.317 e. The van der Waals surface area contributed by atoms with Crippen LogP contribution in [0.3, 0.4) is 0 Å². The van der Waals surface area contributed by atoms with Crippen molar-refractivity contribution >= 4 is 11.9 Å². The first-order chi connectivity index (χ1) is 15.2. The number of benzene rings is 2. The van der Waals surface area contributed by atoms with E-state index in [0.29, 0.717) is 18.5 Å². The number of rotatable bonds is 13. The van der Waals surface area contributed by atoms with Crippen molar-refractivity contribution < 1.29 is 34.4 Å². The van der Waals surface area contributed by atoms with Gasteiger partial charge in [-0.15, -0.1) is 0 Å². The molecule has 0 fully saturated rings. The zero-order valence-corrected chi connectivity index (χ0v) is 17.6. The molecule has 0 heterocycles. The number of halogens is 1. The molecule has 0 amide bonds. The standard InChI is InChI=1S/C22H28FN3O6/c23-18-2-4-20(28)17(10-18)12-26(14-22(31)32)8-7-25(13-21(29)30)11-16-9-15(5-6-24)1-3-19(16)27/h1-4,9-10,27-28H,5-8,11-14,24H2,(H,29,30)(H,31,32). The number of aromatic hydroxyl groups is 2. The number of carboxylic acid groups (broad SMARTS) is 2. The molecule has 0 spiro atoms. The second kappa shape index (κ2) is 12.0. The maximum absolute atomic E-state index is 13.5. The van der Waals surface area contributed by atoms with Crippen LogP contribution in [0.25, 0.3) is 0 Å². The van der Waals surface area contributed by atoms with Gasteiger partial charge in [0.2, 0.25) is 0 Å². The Bertz CT molecular complexity index is 940. The molecule has 0 saturated heterocycles. The molecular weight excluding hydrogens is 421 g/mol. The molecule has 2 rings (SSSR count). The van der Waals surface area contributed by atoms with E-state index in [1.54, 1.807) is 17.0 Å². The van der Waals surface area contributed by atoms with Gasteiger partial charge in [0.25, 0.3) is 0 Å². The van der Waals surface area contributed by atoms with Crippen LogP contribution in [-0.2, 0) is 29.1 Å². The fourth-order valence-corrected chi connectivity index (χ4v) is 3.34. The van der Waals surface area contributed by atoms with Crippen molar-refractivity contribution in [1.82, 2.24) is 9.80 Å². The number of hydrogen-bond donors (Lipinski definition) is 5. The number of carboxylic acids is 2. The maximum atomic E-state index is 13.5. The summed E-state index contributed by atoms with van der Waals surface area (Å²) in [6.07, 6.45) is 0.607. The Morgan fingerprint density at radius 3 is 1.84 bits per heavy atom. The Labute approximate surface area is 185 Å². The lowest BCUT2D eigenvalue weighted by Gasteiger charge is -2.26. The number of phenols is 2. The molecule has 9 nitrogen and oxygen atoms in total. The Morgan fingerprint density at radius 2 is 1.34 bits per heavy atom. The van der Waals surface area contributed by atoms with Crippen molar-refractivity contribution in [3.8, 4) is 11.5 Å². The minimum Gasteiger partial charge on any atom is -0.508 e. The lowest BCUT2D eigenvalue weighted by molar-refractivity contribution is -0.140. The van der Waals surface area contributed by atoms with Gasteiger partial charge in [-0.2, -0.15) is 0 Å². The highest BCUT2D eigenvalue weighted by molar-refractivity contribution is 5.69. The molecule has 32 heavy (non-hydrogen) atoms. The van der Waals surface area contributed by atoms with Crippen LogP contribution < -0.4 is 5.73 Å². The quantitative estimate of drug-likeness (QED) is 0.304. The molecule has 0 saturated carbocycles. The number of hydrogen-bond acceptors (Lipinski definition) is 7. The summed E-state index contributed by atoms with van der Waals surface area (Å²) in [5, 5.41) is 38.6. The van der Waals surface area contributed by atoms with Crippen molar-refractivity contribution in [2.24, 2.45) is 5.73 Å². The second-order valence-electron chi connectivity index (χ2n) is 7.48. The van der Waals surface area contributed by atoms with Crippen molar-refractivity contribution in [2.45, 2.75) is 19.5 Å². The predicted octanol–water partition coefficient (Wildman–Crippen LogP) is 1.21. The van der Waals surface area contributed by atoms with E-state index in [9.17, 15) is 34.4 Å². The third-order valence-corrected chi connectivity index (χ3v) is 4.86. The Hall–Kier alpha value is -3.21. The Balaban J connectivity index is 2.15. The highest BCUT2D eigenvalue weighted by atomic mass is 19.1. The van der Waals surface area contributed by atoms with Crippen LogP contribution in [0.4, 0.5) is 4.39 Å². The van der Waals surface area contributed by atoms with E-state index in [1.165, 1.54) is 17.0 Å². The highest BCUT2D eigenvalue weighted by Crippen LogP contribution is 2.22. The average Bonchev–Trinajstić information content (AvgIpc) is 2.70. The number of nitrogens with zero attached hydrogens (tertiary/aromatic N) is 2. The number of aliphatic carboxylic acids is 2. The molecule has 10 heteroatoms. The van der Waals surface area contributed by atoms with Gasteiger partial charge in [-0.3, -0.25) is 19.4 Å². The first kappa shape index (κ1) is 25.1. The molecule has 0 radical (unpaired) electrons. The topological polar surface area (TPSA) is 148 Å². The minimum atomic E-state index is -1.11. The molecule has 0 bridgehead atoms. The summed E-state index contributed by atoms with van der Waals surface area (Å²) in [6.45, 7) is 0.118. The van der Waals surface area contributed by atoms with Crippen LogP contribution in [0.2, 0.25) is 0 Å². The summed E-state index contributed by atoms with van der Waals surface area (Å²) in [6, 6.07) is 8.45. The van der Waals surface area contributed by atoms with Crippen LogP contribution in [-0.4, -0.2) is 74.9 Å². The first-order valence-corrected chi connectivity index (χ1v) is 10.0. The van der Waals surface area contributed by atoms with E-state index in [4.69, 9.17) is 5.73 Å². The van der Waals surface area contributed by atoms with Gasteiger partial charge in [-0.1, -0.05) is 12.1 Å². The van der Waals surface area contributed by atoms with Gasteiger partial charge in [0, 0.05) is 37.3 Å². The third kappa shape index (κ3) is 8.14. The van der Waals surface area contributed by atoms with Crippen molar-refractivity contribution in [2.75, 3.05) is 32.7 Å². The summed E-state index contributed by atoms with van der Waals surface area (Å²) in [5.74, 6) is -2.89. The van der Waals surface area contributed by atoms with Crippen molar-refractivity contribution in [1.29, 1.82) is 0 Å². The van der Waals surface area contributed by atoms with Crippen LogP contribution in [0, 0.1) is 5.82 Å². The zero-order valence-electron chi connectivity index (χ0n) is 17.6. The van der Waals surface area contributed by atoms with E-state index in [1.807, 2.05) is 0 Å². The molecule has 0 aliphatic carbocycles. The predicted molar refractivity (Wildman–Crippen MR) is 115 cm³/mol. The normalized spacial score (nSPS) is 11.2.